The molecule has 0 spiro atoms. The molecule has 0 unspecified atom stereocenters. The summed E-state index contributed by atoms with van der Waals surface area (Å²) in [6.07, 6.45) is 11.8. The number of nitrogens with zero attached hydrogens (tertiary/aromatic N) is 2. The van der Waals surface area contributed by atoms with Crippen LogP contribution in [0.1, 0.15) is 49.8 Å². The highest BCUT2D eigenvalue weighted by Gasteiger charge is 2.17. The lowest BCUT2D eigenvalue weighted by atomic mass is 9.96. The summed E-state index contributed by atoms with van der Waals surface area (Å²) >= 11 is 0. The predicted molar refractivity (Wildman–Crippen MR) is 71.5 cm³/mol. The van der Waals surface area contributed by atoms with E-state index in [-0.39, 0.29) is 0 Å². The molecule has 0 atom stereocenters. The lowest BCUT2D eigenvalue weighted by Crippen LogP contribution is -2.24. The number of anilines is 1. The molecule has 0 aliphatic heterocycles. The molecular weight excluding hydrogens is 226 g/mol. The van der Waals surface area contributed by atoms with Crippen LogP contribution in [0, 0.1) is 0 Å². The average Bonchev–Trinajstić information content (AvgIpc) is 2.41. The molecule has 4 nitrogen and oxygen atoms in total. The number of rotatable bonds is 2. The summed E-state index contributed by atoms with van der Waals surface area (Å²) in [6.45, 7) is 0. The normalized spacial score (nSPS) is 20.1. The van der Waals surface area contributed by atoms with Crippen LogP contribution in [-0.4, -0.2) is 21.1 Å². The fourth-order valence-corrected chi connectivity index (χ4v) is 2.77. The average molecular weight is 245 g/mol. The smallest absolute Gasteiger partial charge is 0.223 e. The molecule has 1 fully saturated rings. The molecule has 1 heterocycles. The minimum Gasteiger partial charge on any atom is -0.506 e. The first-order valence-electron chi connectivity index (χ1n) is 6.85. The van der Waals surface area contributed by atoms with Crippen LogP contribution in [0.15, 0.2) is 12.3 Å². The van der Waals surface area contributed by atoms with Crippen LogP contribution >= 0.6 is 0 Å². The van der Waals surface area contributed by atoms with E-state index >= 15 is 0 Å². The molecule has 2 N–H and O–H groups in total. The quantitative estimate of drug-likeness (QED) is 0.840. The molecule has 4 heteroatoms. The Hall–Kier alpha value is -1.58. The molecule has 1 saturated carbocycles. The Bertz CT molecular complexity index is 464. The van der Waals surface area contributed by atoms with Gasteiger partial charge in [0.2, 0.25) is 5.95 Å². The third kappa shape index (κ3) is 2.33. The van der Waals surface area contributed by atoms with Crippen molar-refractivity contribution in [2.45, 2.75) is 51.0 Å². The fourth-order valence-electron chi connectivity index (χ4n) is 2.77. The highest BCUT2D eigenvalue weighted by Crippen LogP contribution is 2.24. The van der Waals surface area contributed by atoms with Gasteiger partial charge in [-0.05, 0) is 31.8 Å². The van der Waals surface area contributed by atoms with Gasteiger partial charge in [0, 0.05) is 17.8 Å². The first kappa shape index (κ1) is 11.5. The van der Waals surface area contributed by atoms with Gasteiger partial charge in [0.25, 0.3) is 0 Å². The second-order valence-electron chi connectivity index (χ2n) is 5.17. The van der Waals surface area contributed by atoms with Crippen LogP contribution in [0.25, 0.3) is 5.76 Å². The van der Waals surface area contributed by atoms with Crippen molar-refractivity contribution in [2.75, 3.05) is 5.32 Å². The SMILES string of the molecule is OC1=CCCc2cnc(NC3CCCCC3)nc21. The highest BCUT2D eigenvalue weighted by molar-refractivity contribution is 5.61. The van der Waals surface area contributed by atoms with Crippen molar-refractivity contribution < 1.29 is 5.11 Å². The maximum absolute atomic E-state index is 9.83. The zero-order chi connectivity index (χ0) is 12.4. The van der Waals surface area contributed by atoms with Crippen molar-refractivity contribution in [3.05, 3.63) is 23.5 Å². The van der Waals surface area contributed by atoms with Gasteiger partial charge in [-0.25, -0.2) is 9.97 Å². The lowest BCUT2D eigenvalue weighted by molar-refractivity contribution is 0.460. The van der Waals surface area contributed by atoms with Crippen molar-refractivity contribution in [3.63, 3.8) is 0 Å². The first-order valence-corrected chi connectivity index (χ1v) is 6.85. The van der Waals surface area contributed by atoms with E-state index in [1.807, 2.05) is 12.3 Å². The van der Waals surface area contributed by atoms with E-state index in [1.54, 1.807) is 0 Å². The number of hydrogen-bond donors (Lipinski definition) is 2. The van der Waals surface area contributed by atoms with Crippen LogP contribution in [0.2, 0.25) is 0 Å². The zero-order valence-electron chi connectivity index (χ0n) is 10.5. The topological polar surface area (TPSA) is 58.0 Å². The lowest BCUT2D eigenvalue weighted by Gasteiger charge is -2.23. The first-order chi connectivity index (χ1) is 8.83. The molecule has 96 valence electrons. The van der Waals surface area contributed by atoms with Gasteiger partial charge in [-0.2, -0.15) is 0 Å². The molecular formula is C14H19N3O. The zero-order valence-corrected chi connectivity index (χ0v) is 10.5. The van der Waals surface area contributed by atoms with E-state index in [4.69, 9.17) is 0 Å². The number of nitrogens with one attached hydrogen (secondary N) is 1. The minimum absolute atomic E-state index is 0.297. The van der Waals surface area contributed by atoms with Crippen molar-refractivity contribution in [1.82, 2.24) is 9.97 Å². The molecule has 0 amide bonds. The minimum atomic E-state index is 0.297. The molecule has 1 aromatic rings. The number of aliphatic hydroxyl groups excluding tert-OH is 1. The van der Waals surface area contributed by atoms with Gasteiger partial charge in [-0.15, -0.1) is 0 Å². The number of aliphatic hydroxyl groups is 1. The number of allylic oxidation sites excluding steroid dienone is 1. The third-order valence-electron chi connectivity index (χ3n) is 3.80. The van der Waals surface area contributed by atoms with E-state index in [2.05, 4.69) is 15.3 Å². The Kier molecular flexibility index (Phi) is 3.17. The van der Waals surface area contributed by atoms with Crippen molar-refractivity contribution in [3.8, 4) is 0 Å². The van der Waals surface area contributed by atoms with Gasteiger partial charge in [-0.1, -0.05) is 19.3 Å². The van der Waals surface area contributed by atoms with Gasteiger partial charge in [0.15, 0.2) is 0 Å². The van der Waals surface area contributed by atoms with Crippen LogP contribution in [-0.2, 0) is 6.42 Å². The maximum atomic E-state index is 9.83. The summed E-state index contributed by atoms with van der Waals surface area (Å²) in [6, 6.07) is 0.492. The van der Waals surface area contributed by atoms with Gasteiger partial charge in [0.05, 0.1) is 0 Å². The number of aryl methyl sites for hydroxylation is 1. The summed E-state index contributed by atoms with van der Waals surface area (Å²) < 4.78 is 0. The second-order valence-corrected chi connectivity index (χ2v) is 5.17. The van der Waals surface area contributed by atoms with E-state index < -0.39 is 0 Å². The largest absolute Gasteiger partial charge is 0.506 e. The molecule has 18 heavy (non-hydrogen) atoms. The standard InChI is InChI=1S/C14H19N3O/c18-12-8-4-5-10-9-15-14(17-13(10)12)16-11-6-2-1-3-7-11/h8-9,11,18H,1-7H2,(H,15,16,17). The van der Waals surface area contributed by atoms with Crippen LogP contribution in [0.4, 0.5) is 5.95 Å². The Morgan fingerprint density at radius 2 is 2.06 bits per heavy atom. The summed E-state index contributed by atoms with van der Waals surface area (Å²) in [5.74, 6) is 0.952. The predicted octanol–water partition coefficient (Wildman–Crippen LogP) is 3.07. The second kappa shape index (κ2) is 4.96. The number of hydrogen-bond acceptors (Lipinski definition) is 4. The highest BCUT2D eigenvalue weighted by atomic mass is 16.3. The molecule has 0 aromatic carbocycles. The van der Waals surface area contributed by atoms with Gasteiger partial charge < -0.3 is 10.4 Å². The van der Waals surface area contributed by atoms with Gasteiger partial charge in [0.1, 0.15) is 11.5 Å². The summed E-state index contributed by atoms with van der Waals surface area (Å²) in [4.78, 5) is 8.81. The van der Waals surface area contributed by atoms with E-state index in [1.165, 1.54) is 32.1 Å². The number of aromatic nitrogens is 2. The van der Waals surface area contributed by atoms with E-state index in [0.29, 0.717) is 23.4 Å². The Labute approximate surface area is 107 Å². The molecule has 2 aliphatic carbocycles. The maximum Gasteiger partial charge on any atom is 0.223 e. The number of fused-ring (bicyclic) bond motifs is 1. The molecule has 0 saturated heterocycles. The van der Waals surface area contributed by atoms with Gasteiger partial charge in [-0.3, -0.25) is 0 Å². The summed E-state index contributed by atoms with van der Waals surface area (Å²) in [5.41, 5.74) is 1.75. The Morgan fingerprint density at radius 3 is 2.89 bits per heavy atom. The van der Waals surface area contributed by atoms with Crippen molar-refractivity contribution in [2.24, 2.45) is 0 Å². The molecule has 0 radical (unpaired) electrons. The summed E-state index contributed by atoms with van der Waals surface area (Å²) in [5, 5.41) is 13.2. The van der Waals surface area contributed by atoms with E-state index in [0.717, 1.165) is 18.4 Å². The van der Waals surface area contributed by atoms with Crippen LogP contribution < -0.4 is 5.32 Å². The Balaban J connectivity index is 1.77. The van der Waals surface area contributed by atoms with E-state index in [9.17, 15) is 5.11 Å². The van der Waals surface area contributed by atoms with Crippen LogP contribution in [0.3, 0.4) is 0 Å². The van der Waals surface area contributed by atoms with Gasteiger partial charge >= 0.3 is 0 Å². The van der Waals surface area contributed by atoms with Crippen LogP contribution in [0.5, 0.6) is 0 Å². The molecule has 0 bridgehead atoms. The monoisotopic (exact) mass is 245 g/mol. The molecule has 2 aliphatic rings. The fraction of sp³-hybridized carbons (Fsp3) is 0.571. The van der Waals surface area contributed by atoms with Crippen molar-refractivity contribution in [1.29, 1.82) is 0 Å². The van der Waals surface area contributed by atoms with Crippen molar-refractivity contribution >= 4 is 11.7 Å². The third-order valence-corrected chi connectivity index (χ3v) is 3.80. The molecule has 1 aromatic heterocycles. The summed E-state index contributed by atoms with van der Waals surface area (Å²) in [7, 11) is 0. The Morgan fingerprint density at radius 1 is 1.22 bits per heavy atom. The molecule has 3 rings (SSSR count).